The average Bonchev–Trinajstić information content (AvgIpc) is 3.29. The number of halogens is 4. The normalized spacial score (nSPS) is 11.2. The van der Waals surface area contributed by atoms with Gasteiger partial charge in [0.1, 0.15) is 0 Å². The lowest BCUT2D eigenvalue weighted by Gasteiger charge is -2.14. The van der Waals surface area contributed by atoms with Gasteiger partial charge in [-0.2, -0.15) is 13.2 Å². The summed E-state index contributed by atoms with van der Waals surface area (Å²) in [5.74, 6) is -0.822. The number of rotatable bonds is 8. The van der Waals surface area contributed by atoms with Gasteiger partial charge in [0, 0.05) is 10.6 Å². The fourth-order valence-electron chi connectivity index (χ4n) is 3.39. The highest BCUT2D eigenvalue weighted by atomic mass is 35.5. The third-order valence-electron chi connectivity index (χ3n) is 5.05. The van der Waals surface area contributed by atoms with Crippen molar-refractivity contribution in [1.29, 1.82) is 0 Å². The van der Waals surface area contributed by atoms with Crippen LogP contribution in [-0.2, 0) is 17.5 Å². The van der Waals surface area contributed by atoms with Crippen molar-refractivity contribution in [2.24, 2.45) is 0 Å². The molecule has 190 valence electrons. The summed E-state index contributed by atoms with van der Waals surface area (Å²) in [6, 6.07) is 20.2. The molecule has 0 spiro atoms. The Kier molecular flexibility index (Phi) is 8.14. The van der Waals surface area contributed by atoms with Crippen molar-refractivity contribution in [3.8, 4) is 5.69 Å². The average molecular weight is 546 g/mol. The molecule has 1 heterocycles. The Morgan fingerprint density at radius 2 is 1.68 bits per heavy atom. The predicted molar refractivity (Wildman–Crippen MR) is 135 cm³/mol. The molecule has 0 bridgehead atoms. The van der Waals surface area contributed by atoms with Gasteiger partial charge in [0.05, 0.1) is 29.2 Å². The minimum atomic E-state index is -4.61. The summed E-state index contributed by atoms with van der Waals surface area (Å²) >= 11 is 7.14. The number of para-hydroxylation sites is 1. The van der Waals surface area contributed by atoms with E-state index in [1.165, 1.54) is 18.2 Å². The number of benzene rings is 3. The van der Waals surface area contributed by atoms with Gasteiger partial charge in [0.2, 0.25) is 5.91 Å². The molecule has 0 aliphatic heterocycles. The molecule has 12 heteroatoms. The Bertz CT molecular complexity index is 1410. The van der Waals surface area contributed by atoms with Crippen molar-refractivity contribution in [2.45, 2.75) is 17.9 Å². The quantitative estimate of drug-likeness (QED) is 0.281. The standard InChI is InChI=1S/C25H19ClF3N5O2S/c26-17-9-6-10-18(13-17)34-21(14-30-23(36)16-7-2-1-3-8-16)32-33-24(34)37-15-22(35)31-20-12-5-4-11-19(20)25(27,28)29/h1-13H,14-15H2,(H,30,36)(H,31,35). The fourth-order valence-corrected chi connectivity index (χ4v) is 4.34. The maximum Gasteiger partial charge on any atom is 0.418 e. The lowest BCUT2D eigenvalue weighted by molar-refractivity contribution is -0.137. The molecule has 0 aliphatic carbocycles. The third-order valence-corrected chi connectivity index (χ3v) is 6.21. The van der Waals surface area contributed by atoms with Gasteiger partial charge in [-0.15, -0.1) is 10.2 Å². The Labute approximate surface area is 219 Å². The Hall–Kier alpha value is -3.83. The first-order valence-electron chi connectivity index (χ1n) is 10.8. The summed E-state index contributed by atoms with van der Waals surface area (Å²) in [6.45, 7) is 0.0267. The van der Waals surface area contributed by atoms with E-state index in [1.807, 2.05) is 0 Å². The number of nitrogens with one attached hydrogen (secondary N) is 2. The highest BCUT2D eigenvalue weighted by Crippen LogP contribution is 2.34. The second-order valence-corrected chi connectivity index (χ2v) is 9.02. The first kappa shape index (κ1) is 26.2. The summed E-state index contributed by atoms with van der Waals surface area (Å²) in [5, 5.41) is 14.1. The highest BCUT2D eigenvalue weighted by Gasteiger charge is 2.33. The molecule has 0 fully saturated rings. The van der Waals surface area contributed by atoms with Crippen LogP contribution in [0.25, 0.3) is 5.69 Å². The topological polar surface area (TPSA) is 88.9 Å². The molecule has 2 N–H and O–H groups in total. The van der Waals surface area contributed by atoms with Gasteiger partial charge >= 0.3 is 6.18 Å². The van der Waals surface area contributed by atoms with Gasteiger partial charge in [-0.05, 0) is 42.5 Å². The largest absolute Gasteiger partial charge is 0.418 e. The number of hydrogen-bond donors (Lipinski definition) is 2. The molecule has 37 heavy (non-hydrogen) atoms. The van der Waals surface area contributed by atoms with E-state index < -0.39 is 17.6 Å². The number of aromatic nitrogens is 3. The number of alkyl halides is 3. The molecule has 0 saturated heterocycles. The van der Waals surface area contributed by atoms with Crippen LogP contribution < -0.4 is 10.6 Å². The van der Waals surface area contributed by atoms with E-state index in [0.29, 0.717) is 27.3 Å². The molecule has 7 nitrogen and oxygen atoms in total. The SMILES string of the molecule is O=C(CSc1nnc(CNC(=O)c2ccccc2)n1-c1cccc(Cl)c1)Nc1ccccc1C(F)(F)F. The molecular weight excluding hydrogens is 527 g/mol. The number of carbonyl (C=O) groups excluding carboxylic acids is 2. The van der Waals surface area contributed by atoms with E-state index in [2.05, 4.69) is 20.8 Å². The summed E-state index contributed by atoms with van der Waals surface area (Å²) in [7, 11) is 0. The first-order valence-corrected chi connectivity index (χ1v) is 12.2. The van der Waals surface area contributed by atoms with Crippen LogP contribution in [0.1, 0.15) is 21.7 Å². The van der Waals surface area contributed by atoms with Crippen molar-refractivity contribution in [3.05, 3.63) is 101 Å². The molecule has 1 aromatic heterocycles. The molecule has 0 radical (unpaired) electrons. The van der Waals surface area contributed by atoms with Gasteiger partial charge < -0.3 is 10.6 Å². The predicted octanol–water partition coefficient (Wildman–Crippen LogP) is 5.60. The van der Waals surface area contributed by atoms with E-state index in [-0.39, 0.29) is 23.9 Å². The maximum absolute atomic E-state index is 13.2. The minimum absolute atomic E-state index is 0.0267. The Balaban J connectivity index is 1.52. The van der Waals surface area contributed by atoms with E-state index >= 15 is 0 Å². The highest BCUT2D eigenvalue weighted by molar-refractivity contribution is 7.99. The van der Waals surface area contributed by atoms with Crippen LogP contribution >= 0.6 is 23.4 Å². The van der Waals surface area contributed by atoms with E-state index in [4.69, 9.17) is 11.6 Å². The molecular formula is C25H19ClF3N5O2S. The Morgan fingerprint density at radius 1 is 0.946 bits per heavy atom. The molecule has 2 amide bonds. The zero-order valence-electron chi connectivity index (χ0n) is 19.0. The number of hydrogen-bond acceptors (Lipinski definition) is 5. The van der Waals surface area contributed by atoms with Crippen LogP contribution in [0.15, 0.2) is 84.0 Å². The van der Waals surface area contributed by atoms with Gasteiger partial charge in [-0.1, -0.05) is 59.8 Å². The van der Waals surface area contributed by atoms with Crippen LogP contribution in [0.5, 0.6) is 0 Å². The number of anilines is 1. The minimum Gasteiger partial charge on any atom is -0.345 e. The monoisotopic (exact) mass is 545 g/mol. The van der Waals surface area contributed by atoms with Crippen molar-refractivity contribution < 1.29 is 22.8 Å². The molecule has 3 aromatic carbocycles. The lowest BCUT2D eigenvalue weighted by Crippen LogP contribution is -2.24. The Morgan fingerprint density at radius 3 is 2.41 bits per heavy atom. The summed E-state index contributed by atoms with van der Waals surface area (Å²) < 4.78 is 41.4. The number of carbonyl (C=O) groups is 2. The summed E-state index contributed by atoms with van der Waals surface area (Å²) in [4.78, 5) is 25.0. The summed E-state index contributed by atoms with van der Waals surface area (Å²) in [6.07, 6.45) is -4.61. The molecule has 4 aromatic rings. The van der Waals surface area contributed by atoms with E-state index in [9.17, 15) is 22.8 Å². The second kappa shape index (κ2) is 11.5. The van der Waals surface area contributed by atoms with Crippen LogP contribution in [0, 0.1) is 0 Å². The van der Waals surface area contributed by atoms with Crippen LogP contribution in [-0.4, -0.2) is 32.3 Å². The van der Waals surface area contributed by atoms with Crippen molar-refractivity contribution >= 4 is 40.9 Å². The zero-order chi connectivity index (χ0) is 26.4. The molecule has 0 saturated carbocycles. The lowest BCUT2D eigenvalue weighted by atomic mass is 10.1. The number of thioether (sulfide) groups is 1. The van der Waals surface area contributed by atoms with Gasteiger partial charge in [0.15, 0.2) is 11.0 Å². The fraction of sp³-hybridized carbons (Fsp3) is 0.120. The number of amides is 2. The van der Waals surface area contributed by atoms with Crippen LogP contribution in [0.3, 0.4) is 0 Å². The number of nitrogens with zero attached hydrogens (tertiary/aromatic N) is 3. The maximum atomic E-state index is 13.2. The van der Waals surface area contributed by atoms with E-state index in [0.717, 1.165) is 17.8 Å². The first-order chi connectivity index (χ1) is 17.7. The molecule has 4 rings (SSSR count). The van der Waals surface area contributed by atoms with Crippen LogP contribution in [0.4, 0.5) is 18.9 Å². The van der Waals surface area contributed by atoms with Crippen molar-refractivity contribution in [3.63, 3.8) is 0 Å². The van der Waals surface area contributed by atoms with E-state index in [1.54, 1.807) is 59.2 Å². The second-order valence-electron chi connectivity index (χ2n) is 7.64. The summed E-state index contributed by atoms with van der Waals surface area (Å²) in [5.41, 5.74) is -0.207. The molecule has 0 atom stereocenters. The van der Waals surface area contributed by atoms with Crippen LogP contribution in [0.2, 0.25) is 5.02 Å². The van der Waals surface area contributed by atoms with Crippen molar-refractivity contribution in [2.75, 3.05) is 11.1 Å². The molecule has 0 aliphatic rings. The van der Waals surface area contributed by atoms with Gasteiger partial charge in [0.25, 0.3) is 5.91 Å². The third kappa shape index (κ3) is 6.69. The van der Waals surface area contributed by atoms with Crippen molar-refractivity contribution in [1.82, 2.24) is 20.1 Å². The molecule has 0 unspecified atom stereocenters. The van der Waals surface area contributed by atoms with Gasteiger partial charge in [-0.3, -0.25) is 14.2 Å². The zero-order valence-corrected chi connectivity index (χ0v) is 20.6. The van der Waals surface area contributed by atoms with Gasteiger partial charge in [-0.25, -0.2) is 0 Å². The smallest absolute Gasteiger partial charge is 0.345 e.